The quantitative estimate of drug-likeness (QED) is 0.179. The van der Waals surface area contributed by atoms with Crippen molar-refractivity contribution in [3.63, 3.8) is 0 Å². The van der Waals surface area contributed by atoms with E-state index in [4.69, 9.17) is 33.7 Å². The molecule has 2 aliphatic heterocycles. The Labute approximate surface area is 274 Å². The molecule has 0 bridgehead atoms. The SMILES string of the molecule is CC1(C)OB(c2cc3c(c(-c4nc(-c5ccccc5)nc(-c5ccc(-c6ccccc6)cc5)n4)c2)Oc2ccccc2O3)OC1(C)C. The lowest BCUT2D eigenvalue weighted by Crippen LogP contribution is -2.41. The zero-order chi connectivity index (χ0) is 32.2. The summed E-state index contributed by atoms with van der Waals surface area (Å²) in [5.74, 6) is 3.81. The first kappa shape index (κ1) is 29.1. The van der Waals surface area contributed by atoms with Crippen LogP contribution in [0.4, 0.5) is 0 Å². The van der Waals surface area contributed by atoms with Gasteiger partial charge in [0.15, 0.2) is 40.5 Å². The molecule has 47 heavy (non-hydrogen) atoms. The monoisotopic (exact) mass is 617 g/mol. The number of aromatic nitrogens is 3. The van der Waals surface area contributed by atoms with Crippen LogP contribution in [0.5, 0.6) is 23.0 Å². The van der Waals surface area contributed by atoms with Crippen molar-refractivity contribution < 1.29 is 18.8 Å². The van der Waals surface area contributed by atoms with Crippen LogP contribution in [-0.4, -0.2) is 33.3 Å². The third kappa shape index (κ3) is 5.35. The summed E-state index contributed by atoms with van der Waals surface area (Å²) in [6, 6.07) is 39.9. The fourth-order valence-corrected chi connectivity index (χ4v) is 5.72. The van der Waals surface area contributed by atoms with Gasteiger partial charge < -0.3 is 18.8 Å². The van der Waals surface area contributed by atoms with Gasteiger partial charge in [0.2, 0.25) is 0 Å². The lowest BCUT2D eigenvalue weighted by molar-refractivity contribution is 0.00578. The molecule has 3 heterocycles. The number of ether oxygens (including phenoxy) is 2. The van der Waals surface area contributed by atoms with Gasteiger partial charge in [-0.25, -0.2) is 15.0 Å². The molecule has 0 atom stereocenters. The van der Waals surface area contributed by atoms with Crippen molar-refractivity contribution in [2.75, 3.05) is 0 Å². The predicted molar refractivity (Wildman–Crippen MR) is 184 cm³/mol. The summed E-state index contributed by atoms with van der Waals surface area (Å²) in [6.07, 6.45) is 0. The smallest absolute Gasteiger partial charge is 0.450 e. The first-order valence-corrected chi connectivity index (χ1v) is 15.7. The van der Waals surface area contributed by atoms with Gasteiger partial charge in [-0.2, -0.15) is 0 Å². The topological polar surface area (TPSA) is 75.6 Å². The molecule has 0 spiro atoms. The molecule has 0 radical (unpaired) electrons. The van der Waals surface area contributed by atoms with Gasteiger partial charge in [0, 0.05) is 11.1 Å². The van der Waals surface area contributed by atoms with Gasteiger partial charge in [-0.3, -0.25) is 0 Å². The van der Waals surface area contributed by atoms with Crippen LogP contribution >= 0.6 is 0 Å². The molecule has 0 saturated carbocycles. The van der Waals surface area contributed by atoms with Crippen LogP contribution < -0.4 is 14.9 Å². The maximum Gasteiger partial charge on any atom is 0.494 e. The molecule has 0 amide bonds. The van der Waals surface area contributed by atoms with Gasteiger partial charge in [0.05, 0.1) is 16.8 Å². The van der Waals surface area contributed by atoms with E-state index in [2.05, 4.69) is 24.3 Å². The molecular formula is C39H32BN3O4. The summed E-state index contributed by atoms with van der Waals surface area (Å²) in [5.41, 5.74) is 4.36. The predicted octanol–water partition coefficient (Wildman–Crippen LogP) is 8.74. The standard InChI is InChI=1S/C39H32BN3O4/c1-38(2)39(3,4)47-40(46-38)29-23-30(34-33(24-29)44-31-17-11-12-18-32(31)45-34)37-42-35(27-15-9-6-10-16-27)41-36(43-37)28-21-19-26(20-22-28)25-13-7-5-8-14-25/h5-24H,1-4H3. The highest BCUT2D eigenvalue weighted by Gasteiger charge is 2.52. The lowest BCUT2D eigenvalue weighted by atomic mass is 9.78. The molecule has 0 N–H and O–H groups in total. The largest absolute Gasteiger partial charge is 0.494 e. The van der Waals surface area contributed by atoms with Crippen LogP contribution in [0.15, 0.2) is 121 Å². The number of hydrogen-bond donors (Lipinski definition) is 0. The molecule has 230 valence electrons. The Morgan fingerprint density at radius 3 is 1.55 bits per heavy atom. The van der Waals surface area contributed by atoms with E-state index in [1.165, 1.54) is 0 Å². The number of benzene rings is 5. The van der Waals surface area contributed by atoms with E-state index >= 15 is 0 Å². The summed E-state index contributed by atoms with van der Waals surface area (Å²) in [6.45, 7) is 8.15. The molecule has 1 aromatic heterocycles. The maximum absolute atomic E-state index is 6.51. The normalized spacial score (nSPS) is 15.7. The van der Waals surface area contributed by atoms with Crippen molar-refractivity contribution in [1.29, 1.82) is 0 Å². The van der Waals surface area contributed by atoms with Crippen molar-refractivity contribution in [2.45, 2.75) is 38.9 Å². The minimum Gasteiger partial charge on any atom is -0.450 e. The third-order valence-electron chi connectivity index (χ3n) is 9.04. The first-order valence-electron chi connectivity index (χ1n) is 15.7. The zero-order valence-electron chi connectivity index (χ0n) is 26.6. The van der Waals surface area contributed by atoms with Crippen molar-refractivity contribution in [3.8, 4) is 68.3 Å². The van der Waals surface area contributed by atoms with Gasteiger partial charge >= 0.3 is 7.12 Å². The highest BCUT2D eigenvalue weighted by atomic mass is 16.7. The lowest BCUT2D eigenvalue weighted by Gasteiger charge is -2.32. The summed E-state index contributed by atoms with van der Waals surface area (Å²) >= 11 is 0. The Morgan fingerprint density at radius 1 is 0.468 bits per heavy atom. The molecule has 0 aliphatic carbocycles. The van der Waals surface area contributed by atoms with Crippen molar-refractivity contribution in [3.05, 3.63) is 121 Å². The third-order valence-corrected chi connectivity index (χ3v) is 9.04. The summed E-state index contributed by atoms with van der Waals surface area (Å²) in [5, 5.41) is 0. The van der Waals surface area contributed by atoms with E-state index in [9.17, 15) is 0 Å². The van der Waals surface area contributed by atoms with E-state index in [1.807, 2.05) is 125 Å². The zero-order valence-corrected chi connectivity index (χ0v) is 26.6. The average Bonchev–Trinajstić information content (AvgIpc) is 3.33. The average molecular weight is 618 g/mol. The molecule has 8 heteroatoms. The molecule has 2 aliphatic rings. The number of fused-ring (bicyclic) bond motifs is 2. The Balaban J connectivity index is 1.30. The van der Waals surface area contributed by atoms with Crippen LogP contribution in [0.1, 0.15) is 27.7 Å². The molecular weight excluding hydrogens is 585 g/mol. The van der Waals surface area contributed by atoms with Crippen LogP contribution in [0.3, 0.4) is 0 Å². The Kier molecular flexibility index (Phi) is 6.93. The number of hydrogen-bond acceptors (Lipinski definition) is 7. The second-order valence-corrected chi connectivity index (χ2v) is 12.8. The van der Waals surface area contributed by atoms with Gasteiger partial charge in [0.25, 0.3) is 0 Å². The molecule has 1 fully saturated rings. The second kappa shape index (κ2) is 11.2. The maximum atomic E-state index is 6.51. The number of rotatable bonds is 5. The molecule has 0 unspecified atom stereocenters. The van der Waals surface area contributed by atoms with E-state index < -0.39 is 18.3 Å². The van der Waals surface area contributed by atoms with Gasteiger partial charge in [-0.1, -0.05) is 97.1 Å². The van der Waals surface area contributed by atoms with Crippen molar-refractivity contribution >= 4 is 12.6 Å². The van der Waals surface area contributed by atoms with E-state index in [-0.39, 0.29) is 0 Å². The molecule has 5 aromatic carbocycles. The first-order chi connectivity index (χ1) is 22.7. The summed E-state index contributed by atoms with van der Waals surface area (Å²) in [4.78, 5) is 15.0. The van der Waals surface area contributed by atoms with Crippen LogP contribution in [0.25, 0.3) is 45.3 Å². The van der Waals surface area contributed by atoms with Gasteiger partial charge in [-0.05, 0) is 68.6 Å². The highest BCUT2D eigenvalue weighted by Crippen LogP contribution is 2.49. The minimum absolute atomic E-state index is 0.443. The molecule has 8 rings (SSSR count). The fourth-order valence-electron chi connectivity index (χ4n) is 5.72. The Morgan fingerprint density at radius 2 is 0.936 bits per heavy atom. The van der Waals surface area contributed by atoms with Gasteiger partial charge in [0.1, 0.15) is 0 Å². The molecule has 6 aromatic rings. The van der Waals surface area contributed by atoms with Crippen LogP contribution in [-0.2, 0) is 9.31 Å². The van der Waals surface area contributed by atoms with E-state index in [0.717, 1.165) is 27.7 Å². The van der Waals surface area contributed by atoms with E-state index in [0.29, 0.717) is 46.0 Å². The Bertz CT molecular complexity index is 2090. The van der Waals surface area contributed by atoms with E-state index in [1.54, 1.807) is 0 Å². The summed E-state index contributed by atoms with van der Waals surface area (Å²) < 4.78 is 25.9. The molecule has 1 saturated heterocycles. The molecule has 7 nitrogen and oxygen atoms in total. The number of nitrogens with zero attached hydrogens (tertiary/aromatic N) is 3. The van der Waals surface area contributed by atoms with Crippen molar-refractivity contribution in [1.82, 2.24) is 15.0 Å². The van der Waals surface area contributed by atoms with Gasteiger partial charge in [-0.15, -0.1) is 0 Å². The Hall–Kier alpha value is -5.31. The van der Waals surface area contributed by atoms with Crippen LogP contribution in [0, 0.1) is 0 Å². The van der Waals surface area contributed by atoms with Crippen molar-refractivity contribution in [2.24, 2.45) is 0 Å². The van der Waals surface area contributed by atoms with Crippen LogP contribution in [0.2, 0.25) is 0 Å². The highest BCUT2D eigenvalue weighted by molar-refractivity contribution is 6.62. The summed E-state index contributed by atoms with van der Waals surface area (Å²) in [7, 11) is -0.634. The number of para-hydroxylation sites is 2. The second-order valence-electron chi connectivity index (χ2n) is 12.8. The fraction of sp³-hybridized carbons (Fsp3) is 0.154. The minimum atomic E-state index is -0.634.